The summed E-state index contributed by atoms with van der Waals surface area (Å²) in [5, 5.41) is 9.76. The smallest absolute Gasteiger partial charge is 0.270 e. The molecule has 0 saturated carbocycles. The lowest BCUT2D eigenvalue weighted by molar-refractivity contribution is 0.0936. The predicted molar refractivity (Wildman–Crippen MR) is 122 cm³/mol. The van der Waals surface area contributed by atoms with Crippen LogP contribution >= 0.6 is 0 Å². The molecular formula is C22H26N6O4S. The van der Waals surface area contributed by atoms with Crippen molar-refractivity contribution in [2.24, 2.45) is 0 Å². The van der Waals surface area contributed by atoms with Crippen LogP contribution in [0.4, 0.5) is 0 Å². The Morgan fingerprint density at radius 2 is 1.67 bits per heavy atom. The molecule has 2 aromatic heterocycles. The van der Waals surface area contributed by atoms with Gasteiger partial charge in [0.05, 0.1) is 16.8 Å². The van der Waals surface area contributed by atoms with Crippen molar-refractivity contribution >= 4 is 21.8 Å². The maximum absolute atomic E-state index is 12.5. The monoisotopic (exact) mass is 470 g/mol. The molecule has 2 N–H and O–H groups in total. The highest BCUT2D eigenvalue weighted by molar-refractivity contribution is 7.89. The molecule has 2 heterocycles. The highest BCUT2D eigenvalue weighted by Gasteiger charge is 2.17. The van der Waals surface area contributed by atoms with Gasteiger partial charge in [-0.25, -0.2) is 22.4 Å². The van der Waals surface area contributed by atoms with Gasteiger partial charge in [-0.05, 0) is 50.2 Å². The fourth-order valence-electron chi connectivity index (χ4n) is 2.87. The molecule has 3 aromatic rings. The Morgan fingerprint density at radius 3 is 2.27 bits per heavy atom. The maximum Gasteiger partial charge on any atom is 0.270 e. The van der Waals surface area contributed by atoms with Gasteiger partial charge < -0.3 is 10.6 Å². The van der Waals surface area contributed by atoms with Crippen molar-refractivity contribution in [3.63, 3.8) is 0 Å². The molecule has 3 rings (SSSR count). The van der Waals surface area contributed by atoms with Crippen molar-refractivity contribution in [3.05, 3.63) is 71.8 Å². The molecule has 0 spiro atoms. The van der Waals surface area contributed by atoms with Gasteiger partial charge in [-0.15, -0.1) is 0 Å². The van der Waals surface area contributed by atoms with E-state index in [1.54, 1.807) is 41.3 Å². The average Bonchev–Trinajstić information content (AvgIpc) is 3.26. The Kier molecular flexibility index (Phi) is 7.24. The van der Waals surface area contributed by atoms with Crippen LogP contribution in [0.5, 0.6) is 0 Å². The van der Waals surface area contributed by atoms with Gasteiger partial charge in [0.15, 0.2) is 0 Å². The van der Waals surface area contributed by atoms with Crippen molar-refractivity contribution in [2.75, 3.05) is 14.1 Å². The van der Waals surface area contributed by atoms with Crippen LogP contribution in [0.15, 0.2) is 59.8 Å². The Hall–Kier alpha value is -3.57. The SMILES string of the molecule is CC(C)NC(=O)c1cccc(C(=O)NCc2cnn(-c3ccc(S(=O)(=O)N(C)C)cc3)c2)n1. The van der Waals surface area contributed by atoms with Crippen LogP contribution in [0.2, 0.25) is 0 Å². The Balaban J connectivity index is 1.65. The molecule has 174 valence electrons. The number of benzene rings is 1. The second-order valence-corrected chi connectivity index (χ2v) is 9.95. The number of carbonyl (C=O) groups excluding carboxylic acids is 2. The average molecular weight is 471 g/mol. The fourth-order valence-corrected chi connectivity index (χ4v) is 3.77. The summed E-state index contributed by atoms with van der Waals surface area (Å²) in [5.74, 6) is -0.759. The number of rotatable bonds is 8. The van der Waals surface area contributed by atoms with E-state index in [4.69, 9.17) is 0 Å². The molecule has 33 heavy (non-hydrogen) atoms. The molecule has 0 atom stereocenters. The molecule has 11 heteroatoms. The molecule has 0 saturated heterocycles. The summed E-state index contributed by atoms with van der Waals surface area (Å²) in [4.78, 5) is 28.9. The van der Waals surface area contributed by atoms with Gasteiger partial charge >= 0.3 is 0 Å². The number of carbonyl (C=O) groups is 2. The maximum atomic E-state index is 12.5. The van der Waals surface area contributed by atoms with Crippen LogP contribution in [0.1, 0.15) is 40.4 Å². The lowest BCUT2D eigenvalue weighted by Crippen LogP contribution is -2.31. The van der Waals surface area contributed by atoms with Crippen molar-refractivity contribution < 1.29 is 18.0 Å². The quantitative estimate of drug-likeness (QED) is 0.515. The van der Waals surface area contributed by atoms with Crippen LogP contribution in [-0.4, -0.2) is 59.4 Å². The standard InChI is InChI=1S/C22H26N6O4S/c1-15(2)25-22(30)20-7-5-6-19(26-20)21(29)23-12-16-13-24-28(14-16)17-8-10-18(11-9-17)33(31,32)27(3)4/h5-11,13-15H,12H2,1-4H3,(H,23,29)(H,25,30). The minimum atomic E-state index is -3.50. The summed E-state index contributed by atoms with van der Waals surface area (Å²) >= 11 is 0. The normalized spacial score (nSPS) is 11.6. The van der Waals surface area contributed by atoms with E-state index in [1.165, 1.54) is 32.3 Å². The molecule has 0 aliphatic carbocycles. The molecular weight excluding hydrogens is 444 g/mol. The molecule has 10 nitrogen and oxygen atoms in total. The fraction of sp³-hybridized carbons (Fsp3) is 0.273. The summed E-state index contributed by atoms with van der Waals surface area (Å²) in [6.45, 7) is 3.89. The van der Waals surface area contributed by atoms with Crippen LogP contribution in [0.3, 0.4) is 0 Å². The van der Waals surface area contributed by atoms with E-state index < -0.39 is 15.9 Å². The molecule has 0 aliphatic rings. The number of hydrogen-bond donors (Lipinski definition) is 2. The van der Waals surface area contributed by atoms with Gasteiger partial charge in [0, 0.05) is 38.4 Å². The van der Waals surface area contributed by atoms with Crippen molar-refractivity contribution in [2.45, 2.75) is 31.3 Å². The number of aromatic nitrogens is 3. The molecule has 0 aliphatic heterocycles. The third kappa shape index (κ3) is 5.82. The van der Waals surface area contributed by atoms with Crippen LogP contribution in [-0.2, 0) is 16.6 Å². The van der Waals surface area contributed by atoms with E-state index in [-0.39, 0.29) is 34.8 Å². The molecule has 2 amide bonds. The first-order valence-electron chi connectivity index (χ1n) is 10.2. The van der Waals surface area contributed by atoms with E-state index in [0.29, 0.717) is 5.69 Å². The van der Waals surface area contributed by atoms with Gasteiger partial charge in [-0.1, -0.05) is 6.07 Å². The molecule has 0 radical (unpaired) electrons. The number of amides is 2. The lowest BCUT2D eigenvalue weighted by atomic mass is 10.2. The summed E-state index contributed by atoms with van der Waals surface area (Å²) in [6.07, 6.45) is 3.33. The van der Waals surface area contributed by atoms with Gasteiger partial charge in [0.25, 0.3) is 11.8 Å². The van der Waals surface area contributed by atoms with Crippen LogP contribution < -0.4 is 10.6 Å². The molecule has 0 unspecified atom stereocenters. The van der Waals surface area contributed by atoms with Crippen molar-refractivity contribution in [1.82, 2.24) is 29.7 Å². The highest BCUT2D eigenvalue weighted by atomic mass is 32.2. The minimum absolute atomic E-state index is 0.0399. The highest BCUT2D eigenvalue weighted by Crippen LogP contribution is 2.16. The second-order valence-electron chi connectivity index (χ2n) is 7.79. The van der Waals surface area contributed by atoms with Crippen LogP contribution in [0, 0.1) is 0 Å². The zero-order valence-corrected chi connectivity index (χ0v) is 19.6. The Morgan fingerprint density at radius 1 is 1.03 bits per heavy atom. The van der Waals surface area contributed by atoms with E-state index >= 15 is 0 Å². The van der Waals surface area contributed by atoms with Gasteiger partial charge in [0.2, 0.25) is 10.0 Å². The summed E-state index contributed by atoms with van der Waals surface area (Å²) in [5.41, 5.74) is 1.72. The number of sulfonamides is 1. The van der Waals surface area contributed by atoms with Gasteiger partial charge in [-0.2, -0.15) is 5.10 Å². The van der Waals surface area contributed by atoms with Gasteiger partial charge in [-0.3, -0.25) is 9.59 Å². The first-order valence-corrected chi connectivity index (χ1v) is 11.6. The summed E-state index contributed by atoms with van der Waals surface area (Å²) in [6, 6.07) is 11.0. The minimum Gasteiger partial charge on any atom is -0.349 e. The second kappa shape index (κ2) is 9.92. The summed E-state index contributed by atoms with van der Waals surface area (Å²) in [7, 11) is -0.553. The summed E-state index contributed by atoms with van der Waals surface area (Å²) < 4.78 is 27.1. The number of nitrogens with zero attached hydrogens (tertiary/aromatic N) is 4. The predicted octanol–water partition coefficient (Wildman–Crippen LogP) is 1.59. The Bertz CT molecular complexity index is 1250. The van der Waals surface area contributed by atoms with E-state index in [0.717, 1.165) is 9.87 Å². The lowest BCUT2D eigenvalue weighted by Gasteiger charge is -2.11. The van der Waals surface area contributed by atoms with Crippen molar-refractivity contribution in [1.29, 1.82) is 0 Å². The zero-order chi connectivity index (χ0) is 24.2. The third-order valence-corrected chi connectivity index (χ3v) is 6.43. The number of pyridine rings is 1. The third-order valence-electron chi connectivity index (χ3n) is 4.60. The van der Waals surface area contributed by atoms with E-state index in [9.17, 15) is 18.0 Å². The number of hydrogen-bond acceptors (Lipinski definition) is 6. The molecule has 1 aromatic carbocycles. The van der Waals surface area contributed by atoms with Crippen LogP contribution in [0.25, 0.3) is 5.69 Å². The zero-order valence-electron chi connectivity index (χ0n) is 18.8. The first-order chi connectivity index (χ1) is 15.6. The topological polar surface area (TPSA) is 126 Å². The van der Waals surface area contributed by atoms with Crippen molar-refractivity contribution in [3.8, 4) is 5.69 Å². The largest absolute Gasteiger partial charge is 0.349 e. The number of nitrogens with one attached hydrogen (secondary N) is 2. The molecule has 0 fully saturated rings. The Labute approximate surface area is 192 Å². The molecule has 0 bridgehead atoms. The first kappa shape index (κ1) is 24.1. The van der Waals surface area contributed by atoms with E-state index in [2.05, 4.69) is 20.7 Å². The van der Waals surface area contributed by atoms with E-state index in [1.807, 2.05) is 13.8 Å². The van der Waals surface area contributed by atoms with Gasteiger partial charge in [0.1, 0.15) is 11.4 Å².